The minimum Gasteiger partial charge on any atom is -0.507 e. The van der Waals surface area contributed by atoms with E-state index in [1.54, 1.807) is 61.2 Å². The van der Waals surface area contributed by atoms with Crippen LogP contribution in [0.3, 0.4) is 0 Å². The first-order chi connectivity index (χ1) is 15.6. The highest BCUT2D eigenvalue weighted by atomic mass is 16.5. The van der Waals surface area contributed by atoms with Crippen LogP contribution in [0.2, 0.25) is 0 Å². The van der Waals surface area contributed by atoms with E-state index in [1.807, 2.05) is 17.7 Å². The van der Waals surface area contributed by atoms with Crippen LogP contribution in [0.5, 0.6) is 5.75 Å². The van der Waals surface area contributed by atoms with Crippen molar-refractivity contribution in [2.75, 3.05) is 13.2 Å². The molecule has 0 spiro atoms. The van der Waals surface area contributed by atoms with Crippen molar-refractivity contribution in [1.29, 1.82) is 0 Å². The van der Waals surface area contributed by atoms with Gasteiger partial charge in [-0.1, -0.05) is 6.07 Å². The van der Waals surface area contributed by atoms with Crippen LogP contribution in [0, 0.1) is 0 Å². The number of aliphatic hydroxyl groups is 1. The summed E-state index contributed by atoms with van der Waals surface area (Å²) in [5.41, 5.74) is 1.01. The normalized spacial score (nSPS) is 17.7. The molecule has 1 aromatic carbocycles. The molecule has 3 aromatic rings. The van der Waals surface area contributed by atoms with Crippen LogP contribution in [-0.2, 0) is 16.1 Å². The number of pyridine rings is 1. The van der Waals surface area contributed by atoms with Crippen molar-refractivity contribution >= 4 is 17.4 Å². The Morgan fingerprint density at radius 3 is 2.56 bits per heavy atom. The van der Waals surface area contributed by atoms with E-state index in [1.165, 1.54) is 4.90 Å². The first-order valence-electron chi connectivity index (χ1n) is 10.5. The van der Waals surface area contributed by atoms with Crippen LogP contribution < -0.4 is 4.74 Å². The zero-order valence-corrected chi connectivity index (χ0v) is 17.7. The van der Waals surface area contributed by atoms with E-state index < -0.39 is 17.7 Å². The zero-order valence-electron chi connectivity index (χ0n) is 17.7. The lowest BCUT2D eigenvalue weighted by Gasteiger charge is -2.24. The molecule has 8 nitrogen and oxygen atoms in total. The summed E-state index contributed by atoms with van der Waals surface area (Å²) < 4.78 is 7.35. The summed E-state index contributed by atoms with van der Waals surface area (Å²) in [5, 5.41) is 11.1. The van der Waals surface area contributed by atoms with Gasteiger partial charge in [-0.15, -0.1) is 0 Å². The topological polar surface area (TPSA) is 97.6 Å². The first-order valence-corrected chi connectivity index (χ1v) is 10.5. The van der Waals surface area contributed by atoms with Crippen molar-refractivity contribution in [3.05, 3.63) is 84.2 Å². The van der Waals surface area contributed by atoms with Crippen LogP contribution in [0.15, 0.2) is 73.0 Å². The van der Waals surface area contributed by atoms with Crippen LogP contribution in [0.1, 0.15) is 30.6 Å². The summed E-state index contributed by atoms with van der Waals surface area (Å²) in [5.74, 6) is -0.919. The predicted octanol–water partition coefficient (Wildman–Crippen LogP) is 3.19. The number of ketones is 1. The van der Waals surface area contributed by atoms with Crippen LogP contribution in [-0.4, -0.2) is 49.4 Å². The van der Waals surface area contributed by atoms with E-state index >= 15 is 0 Å². The molecule has 1 atom stereocenters. The minimum absolute atomic E-state index is 0.0421. The number of imidazole rings is 1. The van der Waals surface area contributed by atoms with Crippen LogP contribution >= 0.6 is 0 Å². The van der Waals surface area contributed by atoms with Gasteiger partial charge in [0.15, 0.2) is 0 Å². The number of nitrogens with zero attached hydrogens (tertiary/aromatic N) is 4. The molecular formula is C24H24N4O4. The average Bonchev–Trinajstić information content (AvgIpc) is 3.42. The number of likely N-dealkylation sites (tertiary alicyclic amines) is 1. The number of amides is 1. The lowest BCUT2D eigenvalue weighted by atomic mass is 9.98. The third kappa shape index (κ3) is 4.25. The van der Waals surface area contributed by atoms with E-state index in [0.717, 1.165) is 0 Å². The zero-order chi connectivity index (χ0) is 22.5. The van der Waals surface area contributed by atoms with Crippen molar-refractivity contribution in [2.45, 2.75) is 25.9 Å². The molecule has 164 valence electrons. The summed E-state index contributed by atoms with van der Waals surface area (Å²) in [6.45, 7) is 3.39. The summed E-state index contributed by atoms with van der Waals surface area (Å²) >= 11 is 0. The third-order valence-corrected chi connectivity index (χ3v) is 5.32. The Morgan fingerprint density at radius 2 is 1.91 bits per heavy atom. The number of Topliss-reactive ketones (excluding diaryl/α,β-unsaturated/α-hetero) is 1. The second kappa shape index (κ2) is 9.47. The Balaban J connectivity index is 1.68. The number of aliphatic hydroxyl groups excluding tert-OH is 1. The van der Waals surface area contributed by atoms with Crippen molar-refractivity contribution < 1.29 is 19.4 Å². The van der Waals surface area contributed by atoms with Gasteiger partial charge >= 0.3 is 0 Å². The molecule has 1 N–H and O–H groups in total. The maximum absolute atomic E-state index is 13.0. The fourth-order valence-electron chi connectivity index (χ4n) is 3.83. The van der Waals surface area contributed by atoms with E-state index in [9.17, 15) is 14.7 Å². The predicted molar refractivity (Wildman–Crippen MR) is 118 cm³/mol. The van der Waals surface area contributed by atoms with Crippen LogP contribution in [0.4, 0.5) is 0 Å². The maximum Gasteiger partial charge on any atom is 0.295 e. The molecule has 3 heterocycles. The number of carbonyl (C=O) groups is 2. The summed E-state index contributed by atoms with van der Waals surface area (Å²) in [7, 11) is 0. The number of aryl methyl sites for hydroxylation is 1. The monoisotopic (exact) mass is 432 g/mol. The highest BCUT2D eigenvalue weighted by Gasteiger charge is 2.46. The van der Waals surface area contributed by atoms with Gasteiger partial charge in [-0.25, -0.2) is 4.98 Å². The molecule has 4 rings (SSSR count). The third-order valence-electron chi connectivity index (χ3n) is 5.32. The van der Waals surface area contributed by atoms with Crippen molar-refractivity contribution in [1.82, 2.24) is 19.4 Å². The Hall–Kier alpha value is -3.94. The van der Waals surface area contributed by atoms with Gasteiger partial charge in [0.05, 0.1) is 24.2 Å². The number of ether oxygens (including phenoxy) is 1. The maximum atomic E-state index is 13.0. The number of hydrogen-bond acceptors (Lipinski definition) is 6. The molecule has 1 amide bonds. The Labute approximate surface area is 185 Å². The molecule has 1 unspecified atom stereocenters. The standard InChI is InChI=1S/C24H24N4O4/c1-2-32-18-9-7-17(8-10-18)22(29)20-21(19-6-3-4-11-26-19)28(24(31)23(20)30)14-5-13-27-15-12-25-16-27/h3-4,6-12,15-16,21,29H,2,5,13-14H2,1H3/b22-20+. The molecule has 0 aliphatic carbocycles. The summed E-state index contributed by atoms with van der Waals surface area (Å²) in [4.78, 5) is 35.8. The SMILES string of the molecule is CCOc1ccc(/C(O)=C2\C(=O)C(=O)N(CCCn3ccnc3)C2c2ccccn2)cc1. The van der Waals surface area contributed by atoms with E-state index in [-0.39, 0.29) is 11.3 Å². The van der Waals surface area contributed by atoms with Gasteiger partial charge in [0.25, 0.3) is 11.7 Å². The van der Waals surface area contributed by atoms with Crippen molar-refractivity contribution in [2.24, 2.45) is 0 Å². The summed E-state index contributed by atoms with van der Waals surface area (Å²) in [6, 6.07) is 11.3. The van der Waals surface area contributed by atoms with Gasteiger partial charge in [0.2, 0.25) is 0 Å². The molecule has 1 fully saturated rings. The lowest BCUT2D eigenvalue weighted by molar-refractivity contribution is -0.140. The molecule has 32 heavy (non-hydrogen) atoms. The second-order valence-corrected chi connectivity index (χ2v) is 7.36. The Bertz CT molecular complexity index is 1110. The second-order valence-electron chi connectivity index (χ2n) is 7.36. The smallest absolute Gasteiger partial charge is 0.295 e. The molecular weight excluding hydrogens is 408 g/mol. The van der Waals surface area contributed by atoms with Crippen molar-refractivity contribution in [3.8, 4) is 5.75 Å². The minimum atomic E-state index is -0.759. The molecule has 0 bridgehead atoms. The molecule has 8 heteroatoms. The van der Waals surface area contributed by atoms with Gasteiger partial charge in [-0.05, 0) is 49.7 Å². The largest absolute Gasteiger partial charge is 0.507 e. The quantitative estimate of drug-likeness (QED) is 0.334. The van der Waals surface area contributed by atoms with Gasteiger partial charge in [-0.2, -0.15) is 0 Å². The first kappa shape index (κ1) is 21.3. The van der Waals surface area contributed by atoms with E-state index in [4.69, 9.17) is 4.74 Å². The number of carbonyl (C=O) groups excluding carboxylic acids is 2. The number of benzene rings is 1. The van der Waals surface area contributed by atoms with E-state index in [2.05, 4.69) is 9.97 Å². The molecule has 1 aliphatic rings. The molecule has 2 aromatic heterocycles. The lowest BCUT2D eigenvalue weighted by Crippen LogP contribution is -2.31. The highest BCUT2D eigenvalue weighted by molar-refractivity contribution is 6.46. The molecule has 1 saturated heterocycles. The number of hydrogen-bond donors (Lipinski definition) is 1. The van der Waals surface area contributed by atoms with Gasteiger partial charge in [0.1, 0.15) is 17.6 Å². The fraction of sp³-hybridized carbons (Fsp3) is 0.250. The highest BCUT2D eigenvalue weighted by Crippen LogP contribution is 2.38. The number of rotatable bonds is 8. The van der Waals surface area contributed by atoms with Crippen molar-refractivity contribution in [3.63, 3.8) is 0 Å². The fourth-order valence-corrected chi connectivity index (χ4v) is 3.83. The number of aromatic nitrogens is 3. The molecule has 0 saturated carbocycles. The molecule has 1 aliphatic heterocycles. The molecule has 0 radical (unpaired) electrons. The van der Waals surface area contributed by atoms with E-state index in [0.29, 0.717) is 43.1 Å². The Morgan fingerprint density at radius 1 is 1.09 bits per heavy atom. The van der Waals surface area contributed by atoms with Gasteiger partial charge in [-0.3, -0.25) is 14.6 Å². The van der Waals surface area contributed by atoms with Gasteiger partial charge in [0, 0.05) is 37.2 Å². The summed E-state index contributed by atoms with van der Waals surface area (Å²) in [6.07, 6.45) is 7.47. The van der Waals surface area contributed by atoms with Gasteiger partial charge < -0.3 is 19.3 Å². The Kier molecular flexibility index (Phi) is 6.30. The van der Waals surface area contributed by atoms with Crippen LogP contribution in [0.25, 0.3) is 5.76 Å². The average molecular weight is 432 g/mol.